The van der Waals surface area contributed by atoms with Gasteiger partial charge in [0, 0.05) is 19.3 Å². The SMILES string of the molecule is CCCCCCCCCCCCCCCCC(=O)OC[C@@H](COC(=O)CCCCCCCCCCCCCCCC(C)C)OC(=O)CCCCCCCCC(C)C. The van der Waals surface area contributed by atoms with Gasteiger partial charge < -0.3 is 14.2 Å². The van der Waals surface area contributed by atoms with Crippen LogP contribution in [-0.2, 0) is 28.6 Å². The average Bonchev–Trinajstić information content (AvgIpc) is 3.18. The van der Waals surface area contributed by atoms with Crippen molar-refractivity contribution in [3.05, 3.63) is 0 Å². The van der Waals surface area contributed by atoms with Crippen molar-refractivity contribution in [3.63, 3.8) is 0 Å². The second-order valence-electron chi connectivity index (χ2n) is 18.4. The van der Waals surface area contributed by atoms with Gasteiger partial charge in [-0.25, -0.2) is 0 Å². The lowest BCUT2D eigenvalue weighted by molar-refractivity contribution is -0.167. The van der Waals surface area contributed by atoms with Gasteiger partial charge in [-0.1, -0.05) is 240 Å². The summed E-state index contributed by atoms with van der Waals surface area (Å²) in [5.74, 6) is 0.744. The molecule has 0 aliphatic carbocycles. The first-order valence-corrected chi connectivity index (χ1v) is 25.2. The van der Waals surface area contributed by atoms with Gasteiger partial charge in [0.25, 0.3) is 0 Å². The predicted molar refractivity (Wildman–Crippen MR) is 243 cm³/mol. The van der Waals surface area contributed by atoms with Crippen LogP contribution in [0.25, 0.3) is 0 Å². The zero-order chi connectivity index (χ0) is 41.9. The fraction of sp³-hybridized carbons (Fsp3) is 0.941. The summed E-state index contributed by atoms with van der Waals surface area (Å²) < 4.78 is 16.8. The largest absolute Gasteiger partial charge is 0.462 e. The summed E-state index contributed by atoms with van der Waals surface area (Å²) in [5, 5.41) is 0. The van der Waals surface area contributed by atoms with Crippen molar-refractivity contribution in [1.82, 2.24) is 0 Å². The lowest BCUT2D eigenvalue weighted by atomic mass is 10.0. The lowest BCUT2D eigenvalue weighted by Gasteiger charge is -2.18. The number of hydrogen-bond acceptors (Lipinski definition) is 6. The highest BCUT2D eigenvalue weighted by atomic mass is 16.6. The highest BCUT2D eigenvalue weighted by Gasteiger charge is 2.19. The highest BCUT2D eigenvalue weighted by molar-refractivity contribution is 5.71. The van der Waals surface area contributed by atoms with E-state index in [1.54, 1.807) is 0 Å². The van der Waals surface area contributed by atoms with Gasteiger partial charge in [0.15, 0.2) is 6.10 Å². The van der Waals surface area contributed by atoms with E-state index in [4.69, 9.17) is 14.2 Å². The first kappa shape index (κ1) is 55.4. The molecular weight excluding hydrogens is 709 g/mol. The summed E-state index contributed by atoms with van der Waals surface area (Å²) in [7, 11) is 0. The van der Waals surface area contributed by atoms with E-state index >= 15 is 0 Å². The smallest absolute Gasteiger partial charge is 0.306 e. The Morgan fingerprint density at radius 1 is 0.333 bits per heavy atom. The van der Waals surface area contributed by atoms with E-state index in [0.29, 0.717) is 19.3 Å². The normalized spacial score (nSPS) is 12.1. The Balaban J connectivity index is 4.25. The van der Waals surface area contributed by atoms with Gasteiger partial charge >= 0.3 is 17.9 Å². The summed E-state index contributed by atoms with van der Waals surface area (Å²) in [5.41, 5.74) is 0. The molecule has 0 N–H and O–H groups in total. The highest BCUT2D eigenvalue weighted by Crippen LogP contribution is 2.17. The van der Waals surface area contributed by atoms with Crippen molar-refractivity contribution in [2.24, 2.45) is 11.8 Å². The number of rotatable bonds is 45. The summed E-state index contributed by atoms with van der Waals surface area (Å²) in [4.78, 5) is 37.8. The summed E-state index contributed by atoms with van der Waals surface area (Å²) in [6.07, 6.45) is 43.9. The fourth-order valence-electron chi connectivity index (χ4n) is 7.64. The van der Waals surface area contributed by atoms with E-state index in [-0.39, 0.29) is 31.1 Å². The van der Waals surface area contributed by atoms with Crippen LogP contribution in [0.15, 0.2) is 0 Å². The maximum Gasteiger partial charge on any atom is 0.306 e. The minimum Gasteiger partial charge on any atom is -0.462 e. The summed E-state index contributed by atoms with van der Waals surface area (Å²) in [6, 6.07) is 0. The molecule has 0 aromatic rings. The van der Waals surface area contributed by atoms with Crippen molar-refractivity contribution in [2.75, 3.05) is 13.2 Å². The van der Waals surface area contributed by atoms with Crippen molar-refractivity contribution < 1.29 is 28.6 Å². The van der Waals surface area contributed by atoms with Gasteiger partial charge in [0.2, 0.25) is 0 Å². The average molecular weight is 807 g/mol. The Labute approximate surface area is 355 Å². The van der Waals surface area contributed by atoms with Gasteiger partial charge in [0.1, 0.15) is 13.2 Å². The van der Waals surface area contributed by atoms with Crippen LogP contribution in [0.3, 0.4) is 0 Å². The number of esters is 3. The second kappa shape index (κ2) is 44.0. The maximum absolute atomic E-state index is 12.7. The molecule has 0 aromatic carbocycles. The summed E-state index contributed by atoms with van der Waals surface area (Å²) in [6.45, 7) is 11.3. The molecule has 0 amide bonds. The number of ether oxygens (including phenoxy) is 3. The molecule has 338 valence electrons. The minimum atomic E-state index is -0.761. The van der Waals surface area contributed by atoms with E-state index in [9.17, 15) is 14.4 Å². The molecule has 0 aromatic heterocycles. The molecule has 0 spiro atoms. The Bertz CT molecular complexity index is 870. The topological polar surface area (TPSA) is 78.9 Å². The third-order valence-electron chi connectivity index (χ3n) is 11.5. The first-order chi connectivity index (χ1) is 27.7. The number of hydrogen-bond donors (Lipinski definition) is 0. The zero-order valence-electron chi connectivity index (χ0n) is 39.0. The molecule has 57 heavy (non-hydrogen) atoms. The van der Waals surface area contributed by atoms with Gasteiger partial charge in [-0.2, -0.15) is 0 Å². The third-order valence-corrected chi connectivity index (χ3v) is 11.5. The number of unbranched alkanes of at least 4 members (excludes halogenated alkanes) is 30. The van der Waals surface area contributed by atoms with E-state index < -0.39 is 6.10 Å². The van der Waals surface area contributed by atoms with Crippen LogP contribution in [0.2, 0.25) is 0 Å². The Kier molecular flexibility index (Phi) is 42.7. The molecule has 0 saturated carbocycles. The monoisotopic (exact) mass is 807 g/mol. The van der Waals surface area contributed by atoms with Gasteiger partial charge in [-0.15, -0.1) is 0 Å². The van der Waals surface area contributed by atoms with Crippen molar-refractivity contribution in [3.8, 4) is 0 Å². The van der Waals surface area contributed by atoms with Crippen LogP contribution in [0.4, 0.5) is 0 Å². The molecule has 0 unspecified atom stereocenters. The van der Waals surface area contributed by atoms with E-state index in [2.05, 4.69) is 34.6 Å². The van der Waals surface area contributed by atoms with Crippen LogP contribution in [0, 0.1) is 11.8 Å². The van der Waals surface area contributed by atoms with Crippen LogP contribution >= 0.6 is 0 Å². The van der Waals surface area contributed by atoms with Crippen molar-refractivity contribution in [1.29, 1.82) is 0 Å². The molecule has 0 fully saturated rings. The van der Waals surface area contributed by atoms with Crippen LogP contribution in [-0.4, -0.2) is 37.2 Å². The van der Waals surface area contributed by atoms with Crippen molar-refractivity contribution in [2.45, 2.75) is 285 Å². The lowest BCUT2D eigenvalue weighted by Crippen LogP contribution is -2.30. The Morgan fingerprint density at radius 2 is 0.579 bits per heavy atom. The molecule has 0 radical (unpaired) electrons. The van der Waals surface area contributed by atoms with Crippen LogP contribution < -0.4 is 0 Å². The van der Waals surface area contributed by atoms with Crippen LogP contribution in [0.5, 0.6) is 0 Å². The molecule has 0 heterocycles. The molecule has 1 atom stereocenters. The zero-order valence-corrected chi connectivity index (χ0v) is 39.0. The Morgan fingerprint density at radius 3 is 0.860 bits per heavy atom. The van der Waals surface area contributed by atoms with Gasteiger partial charge in [-0.3, -0.25) is 14.4 Å². The fourth-order valence-corrected chi connectivity index (χ4v) is 7.64. The molecule has 0 aliphatic heterocycles. The second-order valence-corrected chi connectivity index (χ2v) is 18.4. The molecular formula is C51H98O6. The predicted octanol–water partition coefficient (Wildman–Crippen LogP) is 16.1. The number of carbonyl (C=O) groups excluding carboxylic acids is 3. The van der Waals surface area contributed by atoms with Gasteiger partial charge in [0.05, 0.1) is 0 Å². The molecule has 0 aliphatic rings. The third kappa shape index (κ3) is 45.3. The molecule has 0 bridgehead atoms. The van der Waals surface area contributed by atoms with E-state index in [1.807, 2.05) is 0 Å². The quantitative estimate of drug-likeness (QED) is 0.0346. The first-order valence-electron chi connectivity index (χ1n) is 25.2. The standard InChI is InChI=1S/C51H98O6/c1-6-7-8-9-10-11-12-13-16-19-22-25-31-36-41-49(52)55-44-48(57-51(54)43-38-33-28-27-30-35-40-47(4)5)45-56-50(53)42-37-32-26-23-20-17-14-15-18-21-24-29-34-39-46(2)3/h46-48H,6-45H2,1-5H3/t48-/m0/s1. The molecule has 6 heteroatoms. The molecule has 0 saturated heterocycles. The summed E-state index contributed by atoms with van der Waals surface area (Å²) >= 11 is 0. The Hall–Kier alpha value is -1.59. The van der Waals surface area contributed by atoms with E-state index in [1.165, 1.54) is 167 Å². The molecule has 0 rings (SSSR count). The van der Waals surface area contributed by atoms with Crippen molar-refractivity contribution >= 4 is 17.9 Å². The number of carbonyl (C=O) groups is 3. The maximum atomic E-state index is 12.7. The minimum absolute atomic E-state index is 0.0649. The molecule has 6 nitrogen and oxygen atoms in total. The van der Waals surface area contributed by atoms with E-state index in [0.717, 1.165) is 69.6 Å². The van der Waals surface area contributed by atoms with Crippen LogP contribution in [0.1, 0.15) is 279 Å². The van der Waals surface area contributed by atoms with Gasteiger partial charge in [-0.05, 0) is 31.1 Å².